The van der Waals surface area contributed by atoms with Crippen molar-refractivity contribution in [2.75, 3.05) is 11.4 Å². The maximum Gasteiger partial charge on any atom is 0.270 e. The number of pyridine rings is 1. The van der Waals surface area contributed by atoms with Crippen molar-refractivity contribution in [3.05, 3.63) is 93.2 Å². The second-order valence-electron chi connectivity index (χ2n) is 6.72. The molecular weight excluding hydrogens is 409 g/mol. The molecule has 1 N–H and O–H groups in total. The van der Waals surface area contributed by atoms with Crippen LogP contribution in [0.5, 0.6) is 0 Å². The normalized spacial score (nSPS) is 12.6. The lowest BCUT2D eigenvalue weighted by molar-refractivity contribution is 0.0944. The number of fused-ring (bicyclic) bond motifs is 1. The Hall–Kier alpha value is -2.89. The average molecular weight is 426 g/mol. The molecule has 0 unspecified atom stereocenters. The van der Waals surface area contributed by atoms with Crippen LogP contribution in [0, 0.1) is 0 Å². The summed E-state index contributed by atoms with van der Waals surface area (Å²) in [7, 11) is 0. The van der Waals surface area contributed by atoms with Crippen LogP contribution in [0.2, 0.25) is 10.0 Å². The largest absolute Gasteiger partial charge is 0.347 e. The Morgan fingerprint density at radius 1 is 1.03 bits per heavy atom. The molecule has 7 heteroatoms. The van der Waals surface area contributed by atoms with Gasteiger partial charge < -0.3 is 10.2 Å². The minimum Gasteiger partial charge on any atom is -0.347 e. The van der Waals surface area contributed by atoms with E-state index >= 15 is 0 Å². The first-order valence-corrected chi connectivity index (χ1v) is 9.86. The van der Waals surface area contributed by atoms with Crippen molar-refractivity contribution in [1.82, 2.24) is 10.3 Å². The van der Waals surface area contributed by atoms with Crippen LogP contribution in [-0.4, -0.2) is 23.3 Å². The number of nitrogens with zero attached hydrogens (tertiary/aromatic N) is 2. The van der Waals surface area contributed by atoms with Crippen LogP contribution in [0.4, 0.5) is 5.69 Å². The zero-order valence-electron chi connectivity index (χ0n) is 15.4. The molecule has 29 heavy (non-hydrogen) atoms. The standard InChI is InChI=1S/C22H17Cl2N3O2/c23-17-3-1-2-16(11-17)22(29)27-9-8-15-10-14(4-7-20(15)27)12-26-21(28)19-6-5-18(24)13-25-19/h1-7,10-11,13H,8-9,12H2,(H,26,28). The van der Waals surface area contributed by atoms with E-state index in [-0.39, 0.29) is 11.8 Å². The van der Waals surface area contributed by atoms with Gasteiger partial charge in [0.25, 0.3) is 11.8 Å². The zero-order valence-corrected chi connectivity index (χ0v) is 16.9. The van der Waals surface area contributed by atoms with E-state index in [1.54, 1.807) is 41.3 Å². The highest BCUT2D eigenvalue weighted by Crippen LogP contribution is 2.30. The highest BCUT2D eigenvalue weighted by atomic mass is 35.5. The third-order valence-corrected chi connectivity index (χ3v) is 5.23. The van der Waals surface area contributed by atoms with Gasteiger partial charge in [-0.15, -0.1) is 0 Å². The van der Waals surface area contributed by atoms with Gasteiger partial charge in [0, 0.05) is 35.6 Å². The number of nitrogens with one attached hydrogen (secondary N) is 1. The van der Waals surface area contributed by atoms with Gasteiger partial charge in [0.1, 0.15) is 5.69 Å². The molecule has 1 aliphatic rings. The molecule has 4 rings (SSSR count). The number of aromatic nitrogens is 1. The summed E-state index contributed by atoms with van der Waals surface area (Å²) in [4.78, 5) is 30.8. The van der Waals surface area contributed by atoms with Crippen molar-refractivity contribution in [3.63, 3.8) is 0 Å². The minimum atomic E-state index is -0.264. The van der Waals surface area contributed by atoms with E-state index in [0.29, 0.717) is 34.4 Å². The van der Waals surface area contributed by atoms with Gasteiger partial charge >= 0.3 is 0 Å². The topological polar surface area (TPSA) is 62.3 Å². The van der Waals surface area contributed by atoms with E-state index in [1.165, 1.54) is 6.20 Å². The second-order valence-corrected chi connectivity index (χ2v) is 7.60. The van der Waals surface area contributed by atoms with Crippen LogP contribution in [0.25, 0.3) is 0 Å². The monoisotopic (exact) mass is 425 g/mol. The number of hydrogen-bond donors (Lipinski definition) is 1. The van der Waals surface area contributed by atoms with Gasteiger partial charge in [-0.2, -0.15) is 0 Å². The molecule has 0 aliphatic carbocycles. The van der Waals surface area contributed by atoms with Crippen molar-refractivity contribution < 1.29 is 9.59 Å². The van der Waals surface area contributed by atoms with Gasteiger partial charge in [-0.3, -0.25) is 9.59 Å². The molecule has 2 aromatic carbocycles. The van der Waals surface area contributed by atoms with Crippen LogP contribution in [-0.2, 0) is 13.0 Å². The molecule has 2 heterocycles. The maximum atomic E-state index is 12.8. The summed E-state index contributed by atoms with van der Waals surface area (Å²) >= 11 is 11.8. The molecule has 0 atom stereocenters. The first-order chi connectivity index (χ1) is 14.0. The number of hydrogen-bond acceptors (Lipinski definition) is 3. The number of amides is 2. The lowest BCUT2D eigenvalue weighted by Crippen LogP contribution is -2.28. The average Bonchev–Trinajstić information content (AvgIpc) is 3.15. The molecule has 0 spiro atoms. The first kappa shape index (κ1) is 19.4. The fourth-order valence-corrected chi connectivity index (χ4v) is 3.64. The Labute approximate surface area is 178 Å². The Bertz CT molecular complexity index is 1080. The number of anilines is 1. The number of carbonyl (C=O) groups excluding carboxylic acids is 2. The molecule has 0 bridgehead atoms. The number of halogens is 2. The molecule has 0 radical (unpaired) electrons. The summed E-state index contributed by atoms with van der Waals surface area (Å²) < 4.78 is 0. The summed E-state index contributed by atoms with van der Waals surface area (Å²) in [6, 6.07) is 16.0. The van der Waals surface area contributed by atoms with Crippen LogP contribution < -0.4 is 10.2 Å². The van der Waals surface area contributed by atoms with Crippen LogP contribution >= 0.6 is 23.2 Å². The van der Waals surface area contributed by atoms with Gasteiger partial charge in [0.05, 0.1) is 5.02 Å². The van der Waals surface area contributed by atoms with Gasteiger partial charge in [0.2, 0.25) is 0 Å². The van der Waals surface area contributed by atoms with Crippen molar-refractivity contribution >= 4 is 40.7 Å². The number of rotatable bonds is 4. The third-order valence-electron chi connectivity index (χ3n) is 4.77. The molecule has 0 saturated heterocycles. The quantitative estimate of drug-likeness (QED) is 0.667. The van der Waals surface area contributed by atoms with Crippen LogP contribution in [0.1, 0.15) is 32.0 Å². The molecule has 2 amide bonds. The molecule has 5 nitrogen and oxygen atoms in total. The summed E-state index contributed by atoms with van der Waals surface area (Å²) in [5.74, 6) is -0.332. The predicted octanol–water partition coefficient (Wildman–Crippen LogP) is 4.52. The lowest BCUT2D eigenvalue weighted by atomic mass is 10.1. The lowest BCUT2D eigenvalue weighted by Gasteiger charge is -2.18. The fraction of sp³-hybridized carbons (Fsp3) is 0.136. The summed E-state index contributed by atoms with van der Waals surface area (Å²) in [5, 5.41) is 3.87. The molecule has 1 aromatic heterocycles. The SMILES string of the molecule is O=C(NCc1ccc2c(c1)CCN2C(=O)c1cccc(Cl)c1)c1ccc(Cl)cn1. The van der Waals surface area contributed by atoms with E-state index in [9.17, 15) is 9.59 Å². The Kier molecular flexibility index (Phi) is 5.51. The van der Waals surface area contributed by atoms with Crippen molar-refractivity contribution in [1.29, 1.82) is 0 Å². The highest BCUT2D eigenvalue weighted by molar-refractivity contribution is 6.31. The van der Waals surface area contributed by atoms with Gasteiger partial charge in [-0.05, 0) is 53.9 Å². The Morgan fingerprint density at radius 2 is 1.90 bits per heavy atom. The second kappa shape index (κ2) is 8.23. The van der Waals surface area contributed by atoms with E-state index < -0.39 is 0 Å². The summed E-state index contributed by atoms with van der Waals surface area (Å²) in [5.41, 5.74) is 3.82. The van der Waals surface area contributed by atoms with E-state index in [4.69, 9.17) is 23.2 Å². The third kappa shape index (κ3) is 4.26. The maximum absolute atomic E-state index is 12.8. The van der Waals surface area contributed by atoms with Gasteiger partial charge in [0.15, 0.2) is 0 Å². The number of carbonyl (C=O) groups is 2. The Balaban J connectivity index is 1.45. The molecule has 3 aromatic rings. The van der Waals surface area contributed by atoms with E-state index in [1.807, 2.05) is 18.2 Å². The predicted molar refractivity (Wildman–Crippen MR) is 114 cm³/mol. The van der Waals surface area contributed by atoms with Crippen LogP contribution in [0.3, 0.4) is 0 Å². The first-order valence-electron chi connectivity index (χ1n) is 9.10. The highest BCUT2D eigenvalue weighted by Gasteiger charge is 2.25. The smallest absolute Gasteiger partial charge is 0.270 e. The molecule has 146 valence electrons. The number of benzene rings is 2. The van der Waals surface area contributed by atoms with Crippen molar-refractivity contribution in [2.24, 2.45) is 0 Å². The van der Waals surface area contributed by atoms with Crippen molar-refractivity contribution in [3.8, 4) is 0 Å². The summed E-state index contributed by atoms with van der Waals surface area (Å²) in [6.07, 6.45) is 2.21. The zero-order chi connectivity index (χ0) is 20.4. The molecule has 0 saturated carbocycles. The van der Waals surface area contributed by atoms with Gasteiger partial charge in [-0.25, -0.2) is 4.98 Å². The van der Waals surface area contributed by atoms with Gasteiger partial charge in [-0.1, -0.05) is 41.4 Å². The molecular formula is C22H17Cl2N3O2. The van der Waals surface area contributed by atoms with Crippen LogP contribution in [0.15, 0.2) is 60.8 Å². The Morgan fingerprint density at radius 3 is 2.66 bits per heavy atom. The molecule has 0 fully saturated rings. The molecule has 1 aliphatic heterocycles. The summed E-state index contributed by atoms with van der Waals surface area (Å²) in [6.45, 7) is 0.990. The minimum absolute atomic E-state index is 0.0684. The van der Waals surface area contributed by atoms with E-state index in [2.05, 4.69) is 10.3 Å². The van der Waals surface area contributed by atoms with E-state index in [0.717, 1.165) is 23.2 Å². The van der Waals surface area contributed by atoms with Crippen molar-refractivity contribution in [2.45, 2.75) is 13.0 Å². The fourth-order valence-electron chi connectivity index (χ4n) is 3.34.